The summed E-state index contributed by atoms with van der Waals surface area (Å²) in [6, 6.07) is 0. The fourth-order valence-electron chi connectivity index (χ4n) is 1.32. The van der Waals surface area contributed by atoms with Crippen molar-refractivity contribution in [1.29, 1.82) is 0 Å². The third kappa shape index (κ3) is 2.02. The molecule has 2 rings (SSSR count). The first-order valence-corrected chi connectivity index (χ1v) is 6.58. The zero-order valence-electron chi connectivity index (χ0n) is 8.35. The first kappa shape index (κ1) is 12.8. The fourth-order valence-corrected chi connectivity index (χ4v) is 3.20. The first-order valence-electron chi connectivity index (χ1n) is 3.91. The van der Waals surface area contributed by atoms with E-state index in [1.807, 2.05) is 0 Å². The molecule has 0 saturated heterocycles. The molecule has 1 saturated carbocycles. The van der Waals surface area contributed by atoms with Gasteiger partial charge in [-0.1, -0.05) is 11.5 Å². The van der Waals surface area contributed by atoms with Gasteiger partial charge in [0.05, 0.1) is 0 Å². The molecule has 0 unspecified atom stereocenters. The summed E-state index contributed by atoms with van der Waals surface area (Å²) in [5, 5.41) is 0.106. The second-order valence-electron chi connectivity index (χ2n) is 3.29. The van der Waals surface area contributed by atoms with Crippen LogP contribution in [0.1, 0.15) is 23.7 Å². The minimum absolute atomic E-state index is 0. The molecular weight excluding hydrogens is 231 g/mol. The second kappa shape index (κ2) is 3.98. The molecule has 1 heterocycles. The topological polar surface area (TPSA) is 77.0 Å². The van der Waals surface area contributed by atoms with Crippen LogP contribution >= 0.6 is 11.5 Å². The third-order valence-electron chi connectivity index (χ3n) is 2.33. The average Bonchev–Trinajstić information content (AvgIpc) is 2.79. The monoisotopic (exact) mass is 238 g/mol. The molecule has 8 heteroatoms. The summed E-state index contributed by atoms with van der Waals surface area (Å²) in [7, 11) is -3.19. The van der Waals surface area contributed by atoms with Gasteiger partial charge in [-0.25, -0.2) is 14.7 Å². The van der Waals surface area contributed by atoms with Crippen LogP contribution in [0.3, 0.4) is 0 Å². The van der Waals surface area contributed by atoms with Gasteiger partial charge in [0, 0.05) is 6.26 Å². The zero-order valence-corrected chi connectivity index (χ0v) is 9.98. The molecule has 1 aliphatic rings. The van der Waals surface area contributed by atoms with Gasteiger partial charge in [-0.2, -0.15) is 4.37 Å². The van der Waals surface area contributed by atoms with Crippen molar-refractivity contribution in [2.45, 2.75) is 17.6 Å². The van der Waals surface area contributed by atoms with Crippen molar-refractivity contribution in [2.75, 3.05) is 6.26 Å². The van der Waals surface area contributed by atoms with Crippen LogP contribution in [0.5, 0.6) is 0 Å². The van der Waals surface area contributed by atoms with Crippen LogP contribution < -0.4 is 18.9 Å². The van der Waals surface area contributed by atoms with Crippen LogP contribution in [0, 0.1) is 0 Å². The molecule has 0 radical (unpaired) electrons. The summed E-state index contributed by atoms with van der Waals surface area (Å²) in [5.41, 5.74) is 0. The van der Waals surface area contributed by atoms with E-state index in [1.54, 1.807) is 6.29 Å². The van der Waals surface area contributed by atoms with Crippen LogP contribution in [-0.2, 0) is 19.4 Å². The number of nitrogens with zero attached hydrogens (tertiary/aromatic N) is 2. The molecule has 1 aromatic heterocycles. The van der Waals surface area contributed by atoms with E-state index in [9.17, 15) is 13.2 Å². The molecule has 1 aromatic rings. The van der Waals surface area contributed by atoms with E-state index >= 15 is 0 Å². The smallest absolute Gasteiger partial charge is 0.535 e. The Labute approximate surface area is 104 Å². The molecule has 0 aromatic carbocycles. The molecule has 1 fully saturated rings. The van der Waals surface area contributed by atoms with Crippen LogP contribution in [0.25, 0.3) is 0 Å². The van der Waals surface area contributed by atoms with E-state index in [-0.39, 0.29) is 29.7 Å². The van der Waals surface area contributed by atoms with Crippen molar-refractivity contribution in [3.8, 4) is 0 Å². The Hall–Kier alpha value is -0.223. The van der Waals surface area contributed by atoms with E-state index in [2.05, 4.69) is 9.36 Å². The van der Waals surface area contributed by atoms with Crippen molar-refractivity contribution in [3.63, 3.8) is 0 Å². The molecule has 76 valence electrons. The molecule has 0 amide bonds. The molecular formula is C7H7LiN2O3S2. The quantitative estimate of drug-likeness (QED) is 0.415. The van der Waals surface area contributed by atoms with Crippen LogP contribution in [-0.4, -0.2) is 30.3 Å². The van der Waals surface area contributed by atoms with E-state index < -0.39 is 14.6 Å². The molecule has 5 nitrogen and oxygen atoms in total. The number of rotatable bonds is 3. The van der Waals surface area contributed by atoms with Gasteiger partial charge in [0.25, 0.3) is 0 Å². The number of aromatic nitrogens is 2. The van der Waals surface area contributed by atoms with Gasteiger partial charge in [-0.3, -0.25) is 4.98 Å². The zero-order chi connectivity index (χ0) is 10.4. The summed E-state index contributed by atoms with van der Waals surface area (Å²) < 4.78 is 25.8. The third-order valence-corrected chi connectivity index (χ3v) is 4.96. The summed E-state index contributed by atoms with van der Waals surface area (Å²) >= 11 is 0.883. The fraction of sp³-hybridized carbons (Fsp3) is 0.571. The van der Waals surface area contributed by atoms with Gasteiger partial charge < -0.3 is 4.79 Å². The van der Waals surface area contributed by atoms with Gasteiger partial charge in [0.15, 0.2) is 15.7 Å². The summed E-state index contributed by atoms with van der Waals surface area (Å²) in [6.07, 6.45) is 3.86. The van der Waals surface area contributed by atoms with Crippen molar-refractivity contribution in [1.82, 2.24) is 9.36 Å². The van der Waals surface area contributed by atoms with Crippen LogP contribution in [0.15, 0.2) is 0 Å². The minimum atomic E-state index is -3.19. The van der Waals surface area contributed by atoms with Gasteiger partial charge in [-0.15, -0.1) is 0 Å². The molecule has 1 aliphatic carbocycles. The Morgan fingerprint density at radius 1 is 1.47 bits per heavy atom. The second-order valence-corrected chi connectivity index (χ2v) is 6.37. The molecule has 0 aliphatic heterocycles. The normalized spacial score (nSPS) is 17.9. The van der Waals surface area contributed by atoms with Crippen LogP contribution in [0.4, 0.5) is 0 Å². The van der Waals surface area contributed by atoms with E-state index in [0.29, 0.717) is 12.8 Å². The minimum Gasteiger partial charge on any atom is -0.535 e. The Balaban J connectivity index is 0.00000112. The maximum absolute atomic E-state index is 11.4. The largest absolute Gasteiger partial charge is 1.00 e. The predicted octanol–water partition coefficient (Wildman–Crippen LogP) is -2.97. The Bertz CT molecular complexity index is 478. The van der Waals surface area contributed by atoms with Crippen molar-refractivity contribution < 1.29 is 32.1 Å². The first-order chi connectivity index (χ1) is 6.49. The average molecular weight is 238 g/mol. The van der Waals surface area contributed by atoms with Crippen LogP contribution in [0.2, 0.25) is 0 Å². The predicted molar refractivity (Wildman–Crippen MR) is 50.5 cm³/mol. The van der Waals surface area contributed by atoms with Crippen molar-refractivity contribution in [3.05, 3.63) is 10.8 Å². The Morgan fingerprint density at radius 3 is 2.40 bits per heavy atom. The Kier molecular flexibility index (Phi) is 3.41. The van der Waals surface area contributed by atoms with Crippen molar-refractivity contribution >= 4 is 27.7 Å². The van der Waals surface area contributed by atoms with E-state index in [1.165, 1.54) is 6.26 Å². The van der Waals surface area contributed by atoms with Gasteiger partial charge in [0.2, 0.25) is 0 Å². The maximum Gasteiger partial charge on any atom is 1.00 e. The molecule has 0 spiro atoms. The summed E-state index contributed by atoms with van der Waals surface area (Å²) in [6.45, 7) is 0. The number of carbonyl (C=O) groups excluding carboxylic acids is 1. The number of hydrogen-bond donors (Lipinski definition) is 0. The van der Waals surface area contributed by atoms with Gasteiger partial charge >= 0.3 is 18.9 Å². The molecule has 15 heavy (non-hydrogen) atoms. The number of sulfone groups is 1. The molecule has 0 bridgehead atoms. The summed E-state index contributed by atoms with van der Waals surface area (Å²) in [4.78, 5) is 14.1. The number of hydrogen-bond acceptors (Lipinski definition) is 6. The summed E-state index contributed by atoms with van der Waals surface area (Å²) in [5.74, 6) is 0.253. The standard InChI is InChI=1S/C7H7N2O3S2.Li/c1-14(11,12)7(2-3-7)6-8-5(4-10)13-9-6;/h2-3H2,1H3;/q-1;+1. The SMILES string of the molecule is CS(=O)(=O)C1(c2nsc([C-]=O)n2)CC1.[Li+]. The van der Waals surface area contributed by atoms with E-state index in [4.69, 9.17) is 0 Å². The molecule has 0 N–H and O–H groups in total. The maximum atomic E-state index is 11.4. The van der Waals surface area contributed by atoms with Gasteiger partial charge in [-0.05, 0) is 17.8 Å². The van der Waals surface area contributed by atoms with Gasteiger partial charge in [0.1, 0.15) is 4.75 Å². The Morgan fingerprint density at radius 2 is 2.07 bits per heavy atom. The van der Waals surface area contributed by atoms with Crippen molar-refractivity contribution in [2.24, 2.45) is 0 Å². The van der Waals surface area contributed by atoms with E-state index in [0.717, 1.165) is 11.5 Å². The molecule has 0 atom stereocenters.